The predicted octanol–water partition coefficient (Wildman–Crippen LogP) is 2.78. The maximum absolute atomic E-state index is 12.4. The lowest BCUT2D eigenvalue weighted by Crippen LogP contribution is -3.13. The molecule has 2 heterocycles. The quantitative estimate of drug-likeness (QED) is 0.677. The van der Waals surface area contributed by atoms with E-state index < -0.39 is 0 Å². The molecule has 5 nitrogen and oxygen atoms in total. The Balaban J connectivity index is 1.30. The van der Waals surface area contributed by atoms with Gasteiger partial charge in [0.05, 0.1) is 26.2 Å². The van der Waals surface area contributed by atoms with Crippen LogP contribution < -0.4 is 20.0 Å². The summed E-state index contributed by atoms with van der Waals surface area (Å²) in [7, 11) is 0. The van der Waals surface area contributed by atoms with E-state index in [1.807, 2.05) is 18.2 Å². The van der Waals surface area contributed by atoms with Gasteiger partial charge in [0.1, 0.15) is 19.4 Å². The molecule has 0 radical (unpaired) electrons. The summed E-state index contributed by atoms with van der Waals surface area (Å²) in [6.07, 6.45) is 1.42. The third-order valence-corrected chi connectivity index (χ3v) is 5.43. The molecule has 1 aliphatic heterocycles. The first kappa shape index (κ1) is 19.6. The van der Waals surface area contributed by atoms with Gasteiger partial charge in [0.2, 0.25) is 11.2 Å². The van der Waals surface area contributed by atoms with Crippen LogP contribution in [0.4, 0.5) is 5.69 Å². The average Bonchev–Trinajstić information content (AvgIpc) is 2.75. The zero-order valence-corrected chi connectivity index (χ0v) is 16.9. The molecule has 1 fully saturated rings. The number of para-hydroxylation sites is 1. The Morgan fingerprint density at radius 3 is 2.45 bits per heavy atom. The molecule has 1 aromatic heterocycles. The Labute approximate surface area is 175 Å². The van der Waals surface area contributed by atoms with Gasteiger partial charge >= 0.3 is 0 Å². The first-order valence-corrected chi connectivity index (χ1v) is 10.2. The van der Waals surface area contributed by atoms with E-state index in [-0.39, 0.29) is 11.2 Å². The molecule has 1 saturated heterocycles. The summed E-state index contributed by atoms with van der Waals surface area (Å²) < 4.78 is 11.3. The molecule has 6 heteroatoms. The van der Waals surface area contributed by atoms with Crippen molar-refractivity contribution in [1.29, 1.82) is 0 Å². The minimum Gasteiger partial charge on any atom is -0.482 e. The highest BCUT2D eigenvalue weighted by Gasteiger charge is 2.21. The third-order valence-electron chi connectivity index (χ3n) is 5.18. The second-order valence-corrected chi connectivity index (χ2v) is 7.68. The van der Waals surface area contributed by atoms with Crippen LogP contribution in [-0.2, 0) is 13.2 Å². The maximum atomic E-state index is 12.4. The van der Waals surface area contributed by atoms with Crippen LogP contribution in [-0.4, -0.2) is 26.2 Å². The van der Waals surface area contributed by atoms with Crippen molar-refractivity contribution in [3.05, 3.63) is 93.5 Å². The van der Waals surface area contributed by atoms with E-state index in [0.29, 0.717) is 23.9 Å². The molecule has 150 valence electrons. The fourth-order valence-corrected chi connectivity index (χ4v) is 3.65. The fourth-order valence-electron chi connectivity index (χ4n) is 3.52. The number of nitrogens with zero attached hydrogens (tertiary/aromatic N) is 1. The summed E-state index contributed by atoms with van der Waals surface area (Å²) in [4.78, 5) is 16.2. The van der Waals surface area contributed by atoms with Crippen LogP contribution in [0.25, 0.3) is 0 Å². The Morgan fingerprint density at radius 2 is 1.76 bits per heavy atom. The third kappa shape index (κ3) is 5.19. The number of halogens is 1. The zero-order valence-electron chi connectivity index (χ0n) is 16.1. The molecule has 1 N–H and O–H groups in total. The van der Waals surface area contributed by atoms with Gasteiger partial charge in [-0.2, -0.15) is 0 Å². The molecule has 0 saturated carbocycles. The first-order valence-electron chi connectivity index (χ1n) is 9.80. The molecule has 0 bridgehead atoms. The van der Waals surface area contributed by atoms with Gasteiger partial charge in [-0.25, -0.2) is 0 Å². The largest absolute Gasteiger partial charge is 0.482 e. The molecular formula is C23H24ClN2O3+. The van der Waals surface area contributed by atoms with Gasteiger partial charge in [0.15, 0.2) is 5.76 Å². The average molecular weight is 412 g/mol. The van der Waals surface area contributed by atoms with Gasteiger partial charge in [0.25, 0.3) is 0 Å². The van der Waals surface area contributed by atoms with Crippen LogP contribution >= 0.6 is 11.6 Å². The number of rotatable bonds is 6. The number of anilines is 1. The van der Waals surface area contributed by atoms with Crippen molar-refractivity contribution in [1.82, 2.24) is 0 Å². The van der Waals surface area contributed by atoms with Crippen molar-refractivity contribution in [2.24, 2.45) is 0 Å². The lowest BCUT2D eigenvalue weighted by Gasteiger charge is -2.33. The van der Waals surface area contributed by atoms with Crippen LogP contribution in [0, 0.1) is 0 Å². The van der Waals surface area contributed by atoms with Gasteiger partial charge in [0, 0.05) is 16.8 Å². The number of nitrogens with one attached hydrogen (secondary N) is 1. The molecule has 1 aliphatic rings. The molecule has 29 heavy (non-hydrogen) atoms. The van der Waals surface area contributed by atoms with E-state index in [2.05, 4.69) is 29.2 Å². The predicted molar refractivity (Wildman–Crippen MR) is 114 cm³/mol. The van der Waals surface area contributed by atoms with Crippen LogP contribution in [0.3, 0.4) is 0 Å². The molecule has 3 aromatic rings. The van der Waals surface area contributed by atoms with Crippen molar-refractivity contribution in [2.75, 3.05) is 31.1 Å². The molecule has 0 spiro atoms. The smallest absolute Gasteiger partial charge is 0.227 e. The number of piperazine rings is 1. The Kier molecular flexibility index (Phi) is 6.17. The van der Waals surface area contributed by atoms with Gasteiger partial charge in [-0.3, -0.25) is 4.79 Å². The van der Waals surface area contributed by atoms with Crippen molar-refractivity contribution >= 4 is 17.3 Å². The van der Waals surface area contributed by atoms with Crippen LogP contribution in [0.15, 0.2) is 76.1 Å². The molecule has 0 atom stereocenters. The number of hydrogen-bond acceptors (Lipinski definition) is 4. The first-order chi connectivity index (χ1) is 14.2. The van der Waals surface area contributed by atoms with Crippen LogP contribution in [0.1, 0.15) is 11.3 Å². The fraction of sp³-hybridized carbons (Fsp3) is 0.261. The summed E-state index contributed by atoms with van der Waals surface area (Å²) in [5.74, 6) is 0.921. The zero-order chi connectivity index (χ0) is 20.1. The second kappa shape index (κ2) is 9.16. The normalized spacial score (nSPS) is 14.7. The monoisotopic (exact) mass is 411 g/mol. The second-order valence-electron chi connectivity index (χ2n) is 7.24. The molecule has 2 aromatic carbocycles. The standard InChI is InChI=1S/C23H23ClN2O3/c24-19-8-6-18(7-9-19)16-29-23-17-28-21(14-22(23)27)15-25-10-12-26(13-11-25)20-4-2-1-3-5-20/h1-9,14,17H,10-13,15-16H2/p+1. The van der Waals surface area contributed by atoms with E-state index in [1.165, 1.54) is 16.9 Å². The number of ether oxygens (including phenoxy) is 1. The highest BCUT2D eigenvalue weighted by Crippen LogP contribution is 2.14. The van der Waals surface area contributed by atoms with Crippen molar-refractivity contribution in [3.63, 3.8) is 0 Å². The topological polar surface area (TPSA) is 47.1 Å². The Hall–Kier alpha value is -2.76. The van der Waals surface area contributed by atoms with E-state index in [1.54, 1.807) is 18.2 Å². The lowest BCUT2D eigenvalue weighted by atomic mass is 10.2. The highest BCUT2D eigenvalue weighted by atomic mass is 35.5. The number of hydrogen-bond donors (Lipinski definition) is 1. The number of benzene rings is 2. The molecular weight excluding hydrogens is 388 g/mol. The molecule has 4 rings (SSSR count). The van der Waals surface area contributed by atoms with Crippen molar-refractivity contribution in [3.8, 4) is 5.75 Å². The van der Waals surface area contributed by atoms with Crippen LogP contribution in [0.2, 0.25) is 5.02 Å². The van der Waals surface area contributed by atoms with E-state index in [0.717, 1.165) is 31.7 Å². The Morgan fingerprint density at radius 1 is 1.03 bits per heavy atom. The van der Waals surface area contributed by atoms with Crippen LogP contribution in [0.5, 0.6) is 5.75 Å². The van der Waals surface area contributed by atoms with Crippen molar-refractivity contribution < 1.29 is 14.1 Å². The SMILES string of the molecule is O=c1cc(C[NH+]2CCN(c3ccccc3)CC2)occ1OCc1ccc(Cl)cc1. The van der Waals surface area contributed by atoms with Gasteiger partial charge < -0.3 is 19.0 Å². The molecule has 0 unspecified atom stereocenters. The van der Waals surface area contributed by atoms with Gasteiger partial charge in [-0.05, 0) is 29.8 Å². The summed E-state index contributed by atoms with van der Waals surface area (Å²) in [6.45, 7) is 5.00. The highest BCUT2D eigenvalue weighted by molar-refractivity contribution is 6.30. The van der Waals surface area contributed by atoms with Gasteiger partial charge in [-0.15, -0.1) is 0 Å². The van der Waals surface area contributed by atoms with E-state index in [4.69, 9.17) is 20.8 Å². The Bertz CT molecular complexity index is 981. The van der Waals surface area contributed by atoms with Crippen molar-refractivity contribution in [2.45, 2.75) is 13.2 Å². The summed E-state index contributed by atoms with van der Waals surface area (Å²) in [5.41, 5.74) is 2.06. The lowest BCUT2D eigenvalue weighted by molar-refractivity contribution is -0.915. The van der Waals surface area contributed by atoms with Gasteiger partial charge in [-0.1, -0.05) is 41.9 Å². The molecule has 0 amide bonds. The molecule has 0 aliphatic carbocycles. The van der Waals surface area contributed by atoms with E-state index in [9.17, 15) is 4.79 Å². The minimum absolute atomic E-state index is 0.150. The summed E-state index contributed by atoms with van der Waals surface area (Å²) >= 11 is 5.88. The summed E-state index contributed by atoms with van der Waals surface area (Å²) in [5, 5.41) is 0.671. The number of quaternary nitrogens is 1. The minimum atomic E-state index is -0.150. The maximum Gasteiger partial charge on any atom is 0.227 e. The summed E-state index contributed by atoms with van der Waals surface area (Å²) in [6, 6.07) is 19.4. The van der Waals surface area contributed by atoms with E-state index >= 15 is 0 Å².